The molecule has 5 nitrogen and oxygen atoms in total. The first kappa shape index (κ1) is 17.3. The van der Waals surface area contributed by atoms with Crippen molar-refractivity contribution < 1.29 is 4.79 Å². The maximum atomic E-state index is 11.8. The van der Waals surface area contributed by atoms with Crippen LogP contribution in [-0.4, -0.2) is 37.1 Å². The van der Waals surface area contributed by atoms with Gasteiger partial charge < -0.3 is 15.1 Å². The number of benzene rings is 1. The van der Waals surface area contributed by atoms with E-state index >= 15 is 0 Å². The molecule has 2 aromatic rings. The van der Waals surface area contributed by atoms with Crippen LogP contribution >= 0.6 is 0 Å². The Bertz CT molecular complexity index is 664. The van der Waals surface area contributed by atoms with Crippen molar-refractivity contribution in [1.82, 2.24) is 4.98 Å². The number of hydrogen-bond acceptors (Lipinski definition) is 4. The summed E-state index contributed by atoms with van der Waals surface area (Å²) in [5.41, 5.74) is 2.07. The van der Waals surface area contributed by atoms with Crippen LogP contribution in [0.2, 0.25) is 0 Å². The Kier molecular flexibility index (Phi) is 5.88. The van der Waals surface area contributed by atoms with Crippen LogP contribution in [0.4, 0.5) is 17.2 Å². The highest BCUT2D eigenvalue weighted by atomic mass is 16.1. The number of carbonyl (C=O) groups excluding carboxylic acids is 1. The molecule has 0 atom stereocenters. The third kappa shape index (κ3) is 4.72. The standard InChI is InChI=1S/C20H26N4O/c1-2-3-7-20(25)22-17-8-10-18(11-9-17)23-13-15-24(16-14-23)19-6-4-5-12-21-19/h4-6,8-12H,2-3,7,13-16H2,1H3,(H,22,25). The molecule has 1 amide bonds. The molecule has 25 heavy (non-hydrogen) atoms. The van der Waals surface area contributed by atoms with Crippen LogP contribution < -0.4 is 15.1 Å². The number of pyridine rings is 1. The van der Waals surface area contributed by atoms with Crippen molar-refractivity contribution in [3.63, 3.8) is 0 Å². The third-order valence-electron chi connectivity index (χ3n) is 4.53. The Hall–Kier alpha value is -2.56. The molecular weight excluding hydrogens is 312 g/mol. The molecule has 0 saturated carbocycles. The number of aromatic nitrogens is 1. The number of nitrogens with zero attached hydrogens (tertiary/aromatic N) is 3. The van der Waals surface area contributed by atoms with Crippen LogP contribution in [0.3, 0.4) is 0 Å². The van der Waals surface area contributed by atoms with Gasteiger partial charge >= 0.3 is 0 Å². The minimum atomic E-state index is 0.0959. The van der Waals surface area contributed by atoms with Crippen molar-refractivity contribution in [2.24, 2.45) is 0 Å². The Morgan fingerprint density at radius 3 is 2.40 bits per heavy atom. The molecule has 1 aromatic heterocycles. The number of unbranched alkanes of at least 4 members (excludes halogenated alkanes) is 1. The molecule has 1 N–H and O–H groups in total. The molecule has 3 rings (SSSR count). The van der Waals surface area contributed by atoms with E-state index in [2.05, 4.69) is 45.2 Å². The lowest BCUT2D eigenvalue weighted by atomic mass is 10.2. The van der Waals surface area contributed by atoms with Crippen LogP contribution in [-0.2, 0) is 4.79 Å². The Morgan fingerprint density at radius 1 is 1.04 bits per heavy atom. The largest absolute Gasteiger partial charge is 0.368 e. The summed E-state index contributed by atoms with van der Waals surface area (Å²) in [5.74, 6) is 1.14. The van der Waals surface area contributed by atoms with Gasteiger partial charge in [0.1, 0.15) is 5.82 Å². The lowest BCUT2D eigenvalue weighted by Gasteiger charge is -2.36. The van der Waals surface area contributed by atoms with Crippen LogP contribution in [0.1, 0.15) is 26.2 Å². The molecule has 0 spiro atoms. The van der Waals surface area contributed by atoms with Crippen LogP contribution in [0, 0.1) is 0 Å². The van der Waals surface area contributed by atoms with Gasteiger partial charge in [0, 0.05) is 50.2 Å². The molecule has 0 aliphatic carbocycles. The van der Waals surface area contributed by atoms with Gasteiger partial charge in [-0.05, 0) is 42.8 Å². The Balaban J connectivity index is 1.52. The lowest BCUT2D eigenvalue weighted by Crippen LogP contribution is -2.46. The number of amides is 1. The molecule has 0 bridgehead atoms. The maximum absolute atomic E-state index is 11.8. The third-order valence-corrected chi connectivity index (χ3v) is 4.53. The summed E-state index contributed by atoms with van der Waals surface area (Å²) < 4.78 is 0. The van der Waals surface area contributed by atoms with Crippen LogP contribution in [0.15, 0.2) is 48.7 Å². The molecule has 0 unspecified atom stereocenters. The summed E-state index contributed by atoms with van der Waals surface area (Å²) in [4.78, 5) is 20.9. The lowest BCUT2D eigenvalue weighted by molar-refractivity contribution is -0.116. The van der Waals surface area contributed by atoms with E-state index in [0.717, 1.165) is 50.5 Å². The second-order valence-corrected chi connectivity index (χ2v) is 6.36. The molecular formula is C20H26N4O. The highest BCUT2D eigenvalue weighted by Gasteiger charge is 2.18. The normalized spacial score (nSPS) is 14.4. The van der Waals surface area contributed by atoms with Crippen molar-refractivity contribution in [2.45, 2.75) is 26.2 Å². The van der Waals surface area contributed by atoms with Gasteiger partial charge in [-0.3, -0.25) is 4.79 Å². The molecule has 132 valence electrons. The zero-order chi connectivity index (χ0) is 17.5. The summed E-state index contributed by atoms with van der Waals surface area (Å²) in [6, 6.07) is 14.2. The molecule has 2 heterocycles. The average molecular weight is 338 g/mol. The highest BCUT2D eigenvalue weighted by Crippen LogP contribution is 2.21. The zero-order valence-corrected chi connectivity index (χ0v) is 14.8. The van der Waals surface area contributed by atoms with Gasteiger partial charge in [0.25, 0.3) is 0 Å². The van der Waals surface area contributed by atoms with Crippen molar-refractivity contribution >= 4 is 23.1 Å². The fourth-order valence-electron chi connectivity index (χ4n) is 3.05. The van der Waals surface area contributed by atoms with Gasteiger partial charge in [-0.15, -0.1) is 0 Å². The van der Waals surface area contributed by atoms with E-state index < -0.39 is 0 Å². The van der Waals surface area contributed by atoms with E-state index in [-0.39, 0.29) is 5.91 Å². The molecule has 1 aliphatic rings. The van der Waals surface area contributed by atoms with Crippen molar-refractivity contribution in [3.8, 4) is 0 Å². The molecule has 0 radical (unpaired) electrons. The van der Waals surface area contributed by atoms with Crippen LogP contribution in [0.5, 0.6) is 0 Å². The van der Waals surface area contributed by atoms with E-state index in [0.29, 0.717) is 6.42 Å². The van der Waals surface area contributed by atoms with Crippen LogP contribution in [0.25, 0.3) is 0 Å². The number of rotatable bonds is 6. The number of piperazine rings is 1. The summed E-state index contributed by atoms with van der Waals surface area (Å²) in [5, 5.41) is 2.96. The fourth-order valence-corrected chi connectivity index (χ4v) is 3.05. The molecule has 5 heteroatoms. The first-order chi connectivity index (χ1) is 12.3. The summed E-state index contributed by atoms with van der Waals surface area (Å²) >= 11 is 0. The second-order valence-electron chi connectivity index (χ2n) is 6.36. The molecule has 1 aliphatic heterocycles. The number of anilines is 3. The van der Waals surface area contributed by atoms with E-state index in [9.17, 15) is 4.79 Å². The molecule has 1 saturated heterocycles. The molecule has 1 fully saturated rings. The van der Waals surface area contributed by atoms with E-state index in [1.54, 1.807) is 0 Å². The fraction of sp³-hybridized carbons (Fsp3) is 0.400. The van der Waals surface area contributed by atoms with Gasteiger partial charge in [0.2, 0.25) is 5.91 Å². The zero-order valence-electron chi connectivity index (χ0n) is 14.8. The predicted molar refractivity (Wildman–Crippen MR) is 103 cm³/mol. The van der Waals surface area contributed by atoms with Gasteiger partial charge in [0.05, 0.1) is 0 Å². The number of nitrogens with one attached hydrogen (secondary N) is 1. The summed E-state index contributed by atoms with van der Waals surface area (Å²) in [7, 11) is 0. The monoisotopic (exact) mass is 338 g/mol. The summed E-state index contributed by atoms with van der Waals surface area (Å²) in [6.45, 7) is 5.96. The average Bonchev–Trinajstić information content (AvgIpc) is 2.68. The highest BCUT2D eigenvalue weighted by molar-refractivity contribution is 5.90. The van der Waals surface area contributed by atoms with E-state index in [1.807, 2.05) is 30.5 Å². The van der Waals surface area contributed by atoms with E-state index in [4.69, 9.17) is 0 Å². The van der Waals surface area contributed by atoms with Gasteiger partial charge in [0.15, 0.2) is 0 Å². The summed E-state index contributed by atoms with van der Waals surface area (Å²) in [6.07, 6.45) is 4.41. The Morgan fingerprint density at radius 2 is 1.76 bits per heavy atom. The minimum absolute atomic E-state index is 0.0959. The Labute approximate surface area is 149 Å². The minimum Gasteiger partial charge on any atom is -0.368 e. The first-order valence-electron chi connectivity index (χ1n) is 9.07. The smallest absolute Gasteiger partial charge is 0.224 e. The predicted octanol–water partition coefficient (Wildman–Crippen LogP) is 3.54. The number of hydrogen-bond donors (Lipinski definition) is 1. The van der Waals surface area contributed by atoms with Crippen molar-refractivity contribution in [2.75, 3.05) is 41.3 Å². The SMILES string of the molecule is CCCCC(=O)Nc1ccc(N2CCN(c3ccccn3)CC2)cc1. The first-order valence-corrected chi connectivity index (χ1v) is 9.07. The van der Waals surface area contributed by atoms with Gasteiger partial charge in [-0.2, -0.15) is 0 Å². The topological polar surface area (TPSA) is 48.5 Å². The second kappa shape index (κ2) is 8.51. The number of carbonyl (C=O) groups is 1. The quantitative estimate of drug-likeness (QED) is 0.875. The van der Waals surface area contributed by atoms with Gasteiger partial charge in [-0.25, -0.2) is 4.98 Å². The van der Waals surface area contributed by atoms with Crippen molar-refractivity contribution in [3.05, 3.63) is 48.7 Å². The van der Waals surface area contributed by atoms with E-state index in [1.165, 1.54) is 5.69 Å². The van der Waals surface area contributed by atoms with Crippen molar-refractivity contribution in [1.29, 1.82) is 0 Å². The maximum Gasteiger partial charge on any atom is 0.224 e. The molecule has 1 aromatic carbocycles. The van der Waals surface area contributed by atoms with Gasteiger partial charge in [-0.1, -0.05) is 19.4 Å².